The maximum atomic E-state index is 13.5. The van der Waals surface area contributed by atoms with E-state index in [0.717, 1.165) is 37.7 Å². The van der Waals surface area contributed by atoms with E-state index in [1.54, 1.807) is 24.3 Å². The predicted molar refractivity (Wildman–Crippen MR) is 108 cm³/mol. The largest absolute Gasteiger partial charge is 0.508 e. The van der Waals surface area contributed by atoms with Crippen molar-refractivity contribution in [3.8, 4) is 5.75 Å². The number of anilines is 1. The van der Waals surface area contributed by atoms with E-state index in [-0.39, 0.29) is 23.7 Å². The first-order valence-corrected chi connectivity index (χ1v) is 9.47. The highest BCUT2D eigenvalue weighted by atomic mass is 19.1. The summed E-state index contributed by atoms with van der Waals surface area (Å²) in [5.74, 6) is 0.572. The summed E-state index contributed by atoms with van der Waals surface area (Å²) in [6, 6.07) is 13.7. The molecule has 0 aromatic heterocycles. The highest BCUT2D eigenvalue weighted by Crippen LogP contribution is 2.17. The summed E-state index contributed by atoms with van der Waals surface area (Å²) in [7, 11) is 0. The number of hydrogen-bond donors (Lipinski definition) is 4. The van der Waals surface area contributed by atoms with Crippen LogP contribution in [0.1, 0.15) is 31.2 Å². The first-order valence-electron chi connectivity index (χ1n) is 9.47. The fourth-order valence-electron chi connectivity index (χ4n) is 3.30. The van der Waals surface area contributed by atoms with Gasteiger partial charge in [-0.1, -0.05) is 31.0 Å². The first-order chi connectivity index (χ1) is 13.1. The molecule has 5 nitrogen and oxygen atoms in total. The molecule has 2 aromatic carbocycles. The first kappa shape index (κ1) is 19.2. The topological polar surface area (TPSA) is 82.7 Å². The standard InChI is InChI=1S/C21H27FN4O/c22-16-4-3-5-17(14-16)25-21(26-20-7-2-1-6-19(20)23)24-13-12-15-8-10-18(27)11-9-15/h3-5,8-11,14,19-20,27H,1-2,6-7,12-13,23H2,(H2,24,25,26)/t19-,20-/m0/s1. The molecule has 0 radical (unpaired) electrons. The van der Waals surface area contributed by atoms with Crippen molar-refractivity contribution in [1.29, 1.82) is 0 Å². The van der Waals surface area contributed by atoms with Crippen molar-refractivity contribution in [3.05, 3.63) is 59.9 Å². The minimum Gasteiger partial charge on any atom is -0.508 e. The minimum atomic E-state index is -0.294. The lowest BCUT2D eigenvalue weighted by Gasteiger charge is -2.30. The fraction of sp³-hybridized carbons (Fsp3) is 0.381. The van der Waals surface area contributed by atoms with Crippen LogP contribution in [0.5, 0.6) is 5.75 Å². The van der Waals surface area contributed by atoms with E-state index in [4.69, 9.17) is 5.73 Å². The van der Waals surface area contributed by atoms with E-state index in [1.165, 1.54) is 12.1 Å². The molecule has 0 saturated heterocycles. The zero-order chi connectivity index (χ0) is 19.1. The SMILES string of the molecule is N[C@H]1CCCC[C@@H]1NC(=NCCc1ccc(O)cc1)Nc1cccc(F)c1. The van der Waals surface area contributed by atoms with Crippen LogP contribution in [0.25, 0.3) is 0 Å². The molecular formula is C21H27FN4O. The lowest BCUT2D eigenvalue weighted by molar-refractivity contribution is 0.360. The van der Waals surface area contributed by atoms with Gasteiger partial charge in [0.2, 0.25) is 0 Å². The van der Waals surface area contributed by atoms with Gasteiger partial charge in [-0.25, -0.2) is 4.39 Å². The number of hydrogen-bond acceptors (Lipinski definition) is 3. The third-order valence-corrected chi connectivity index (χ3v) is 4.84. The summed E-state index contributed by atoms with van der Waals surface area (Å²) in [5.41, 5.74) is 7.99. The number of phenolic OH excluding ortho intramolecular Hbond substituents is 1. The fourth-order valence-corrected chi connectivity index (χ4v) is 3.30. The Balaban J connectivity index is 1.68. The molecule has 27 heavy (non-hydrogen) atoms. The van der Waals surface area contributed by atoms with Crippen LogP contribution in [-0.2, 0) is 6.42 Å². The van der Waals surface area contributed by atoms with Gasteiger partial charge in [0.1, 0.15) is 11.6 Å². The summed E-state index contributed by atoms with van der Waals surface area (Å²) in [4.78, 5) is 4.65. The second-order valence-electron chi connectivity index (χ2n) is 6.98. The Morgan fingerprint density at radius 3 is 2.67 bits per heavy atom. The number of nitrogens with one attached hydrogen (secondary N) is 2. The highest BCUT2D eigenvalue weighted by molar-refractivity contribution is 5.93. The van der Waals surface area contributed by atoms with E-state index >= 15 is 0 Å². The van der Waals surface area contributed by atoms with Crippen LogP contribution < -0.4 is 16.4 Å². The zero-order valence-corrected chi connectivity index (χ0v) is 15.4. The molecule has 0 amide bonds. The molecule has 5 N–H and O–H groups in total. The van der Waals surface area contributed by atoms with Crippen molar-refractivity contribution in [2.75, 3.05) is 11.9 Å². The Kier molecular flexibility index (Phi) is 6.65. The second-order valence-corrected chi connectivity index (χ2v) is 6.98. The Hall–Kier alpha value is -2.60. The molecule has 1 aliphatic rings. The number of rotatable bonds is 5. The zero-order valence-electron chi connectivity index (χ0n) is 15.4. The molecule has 0 bridgehead atoms. The Morgan fingerprint density at radius 1 is 1.15 bits per heavy atom. The normalized spacial score (nSPS) is 20.3. The summed E-state index contributed by atoms with van der Waals surface area (Å²) >= 11 is 0. The van der Waals surface area contributed by atoms with Crippen LogP contribution in [0.4, 0.5) is 10.1 Å². The second kappa shape index (κ2) is 9.37. The van der Waals surface area contributed by atoms with Crippen LogP contribution in [0.2, 0.25) is 0 Å². The van der Waals surface area contributed by atoms with Crippen molar-refractivity contribution in [2.45, 2.75) is 44.2 Å². The van der Waals surface area contributed by atoms with Crippen LogP contribution >= 0.6 is 0 Å². The van der Waals surface area contributed by atoms with Gasteiger partial charge in [-0.3, -0.25) is 4.99 Å². The predicted octanol–water partition coefficient (Wildman–Crippen LogP) is 3.40. The maximum absolute atomic E-state index is 13.5. The number of nitrogens with two attached hydrogens (primary N) is 1. The van der Waals surface area contributed by atoms with E-state index in [0.29, 0.717) is 18.2 Å². The Bertz CT molecular complexity index is 763. The van der Waals surface area contributed by atoms with Gasteiger partial charge in [0.05, 0.1) is 0 Å². The lowest BCUT2D eigenvalue weighted by atomic mass is 9.91. The molecular weight excluding hydrogens is 343 g/mol. The molecule has 0 spiro atoms. The minimum absolute atomic E-state index is 0.0929. The average Bonchev–Trinajstić information content (AvgIpc) is 2.65. The molecule has 0 unspecified atom stereocenters. The number of phenols is 1. The van der Waals surface area contributed by atoms with Gasteiger partial charge < -0.3 is 21.5 Å². The molecule has 0 heterocycles. The van der Waals surface area contributed by atoms with Gasteiger partial charge >= 0.3 is 0 Å². The molecule has 1 aliphatic carbocycles. The van der Waals surface area contributed by atoms with Crippen molar-refractivity contribution >= 4 is 11.6 Å². The number of guanidine groups is 1. The number of aromatic hydroxyl groups is 1. The number of benzene rings is 2. The average molecular weight is 370 g/mol. The number of halogens is 1. The quantitative estimate of drug-likeness (QED) is 0.480. The van der Waals surface area contributed by atoms with Crippen LogP contribution in [-0.4, -0.2) is 29.7 Å². The molecule has 6 heteroatoms. The van der Waals surface area contributed by atoms with Gasteiger partial charge in [0.25, 0.3) is 0 Å². The summed E-state index contributed by atoms with van der Waals surface area (Å²) in [6.45, 7) is 0.567. The van der Waals surface area contributed by atoms with Gasteiger partial charge in [-0.05, 0) is 55.2 Å². The number of nitrogens with zero attached hydrogens (tertiary/aromatic N) is 1. The molecule has 3 rings (SSSR count). The monoisotopic (exact) mass is 370 g/mol. The molecule has 0 aliphatic heterocycles. The lowest BCUT2D eigenvalue weighted by Crippen LogP contribution is -2.51. The van der Waals surface area contributed by atoms with Gasteiger partial charge in [-0.15, -0.1) is 0 Å². The van der Waals surface area contributed by atoms with Crippen LogP contribution in [0, 0.1) is 5.82 Å². The van der Waals surface area contributed by atoms with Crippen molar-refractivity contribution < 1.29 is 9.50 Å². The highest BCUT2D eigenvalue weighted by Gasteiger charge is 2.22. The van der Waals surface area contributed by atoms with Crippen molar-refractivity contribution in [3.63, 3.8) is 0 Å². The van der Waals surface area contributed by atoms with E-state index < -0.39 is 0 Å². The van der Waals surface area contributed by atoms with E-state index in [1.807, 2.05) is 12.1 Å². The molecule has 1 fully saturated rings. The van der Waals surface area contributed by atoms with Gasteiger partial charge in [-0.2, -0.15) is 0 Å². The van der Waals surface area contributed by atoms with Crippen LogP contribution in [0.15, 0.2) is 53.5 Å². The Labute approximate surface area is 159 Å². The molecule has 2 aromatic rings. The number of aliphatic imine (C=N–C) groups is 1. The van der Waals surface area contributed by atoms with Crippen molar-refractivity contribution in [1.82, 2.24) is 5.32 Å². The Morgan fingerprint density at radius 2 is 1.93 bits per heavy atom. The van der Waals surface area contributed by atoms with E-state index in [2.05, 4.69) is 15.6 Å². The van der Waals surface area contributed by atoms with Crippen molar-refractivity contribution in [2.24, 2.45) is 10.7 Å². The van der Waals surface area contributed by atoms with Gasteiger partial charge in [0, 0.05) is 24.3 Å². The summed E-state index contributed by atoms with van der Waals surface area (Å²) in [5, 5.41) is 16.0. The smallest absolute Gasteiger partial charge is 0.196 e. The molecule has 1 saturated carbocycles. The maximum Gasteiger partial charge on any atom is 0.196 e. The molecule has 2 atom stereocenters. The van der Waals surface area contributed by atoms with Crippen LogP contribution in [0.3, 0.4) is 0 Å². The third-order valence-electron chi connectivity index (χ3n) is 4.84. The summed E-state index contributed by atoms with van der Waals surface area (Å²) < 4.78 is 13.5. The van der Waals surface area contributed by atoms with E-state index in [9.17, 15) is 9.50 Å². The summed E-state index contributed by atoms with van der Waals surface area (Å²) in [6.07, 6.45) is 5.05. The molecule has 144 valence electrons. The van der Waals surface area contributed by atoms with Gasteiger partial charge in [0.15, 0.2) is 5.96 Å². The third kappa shape index (κ3) is 5.96.